The molecule has 2 aromatic rings. The second-order valence-electron chi connectivity index (χ2n) is 6.21. The molecule has 2 aliphatic heterocycles. The largest absolute Gasteiger partial charge is 0.371 e. The van der Waals surface area contributed by atoms with Crippen LogP contribution in [0.4, 0.5) is 0 Å². The van der Waals surface area contributed by atoms with Crippen LogP contribution < -0.4 is 0 Å². The first kappa shape index (κ1) is 13.7. The Hall–Kier alpha value is -1.92. The van der Waals surface area contributed by atoms with Crippen molar-refractivity contribution in [2.45, 2.75) is 18.7 Å². The third-order valence-corrected chi connectivity index (χ3v) is 5.02. The Kier molecular flexibility index (Phi) is 3.16. The molecule has 0 bridgehead atoms. The molecule has 6 heteroatoms. The highest BCUT2D eigenvalue weighted by atomic mass is 16.5. The SMILES string of the molecule is CO[C@@H]1C(=O)N(C)[C@@H]2CN(Cc3cnc4ccccn34)C[C@H]12. The van der Waals surface area contributed by atoms with Crippen LogP contribution >= 0.6 is 0 Å². The molecular weight excluding hydrogens is 280 g/mol. The van der Waals surface area contributed by atoms with E-state index in [4.69, 9.17) is 4.74 Å². The second kappa shape index (κ2) is 5.07. The maximum Gasteiger partial charge on any atom is 0.252 e. The number of likely N-dealkylation sites (tertiary alicyclic amines) is 2. The number of ether oxygens (including phenoxy) is 1. The first-order chi connectivity index (χ1) is 10.7. The molecule has 2 saturated heterocycles. The zero-order valence-electron chi connectivity index (χ0n) is 12.8. The van der Waals surface area contributed by atoms with Gasteiger partial charge in [-0.3, -0.25) is 9.69 Å². The van der Waals surface area contributed by atoms with Crippen molar-refractivity contribution < 1.29 is 9.53 Å². The van der Waals surface area contributed by atoms with Gasteiger partial charge in [-0.05, 0) is 12.1 Å². The first-order valence-electron chi connectivity index (χ1n) is 7.62. The number of pyridine rings is 1. The summed E-state index contributed by atoms with van der Waals surface area (Å²) in [5.41, 5.74) is 2.15. The summed E-state index contributed by atoms with van der Waals surface area (Å²) in [5, 5.41) is 0. The van der Waals surface area contributed by atoms with Crippen molar-refractivity contribution in [2.75, 3.05) is 27.2 Å². The molecule has 116 valence electrons. The standard InChI is InChI=1S/C16H20N4O2/c1-18-13-10-19(9-12(13)15(22-2)16(18)21)8-11-7-17-14-5-3-4-6-20(11)14/h3-7,12-13,15H,8-10H2,1-2H3/t12-,13+,15-/m0/s1. The van der Waals surface area contributed by atoms with Gasteiger partial charge >= 0.3 is 0 Å². The Labute approximate surface area is 129 Å². The van der Waals surface area contributed by atoms with E-state index in [1.165, 1.54) is 5.69 Å². The lowest BCUT2D eigenvalue weighted by Gasteiger charge is -2.21. The van der Waals surface area contributed by atoms with Crippen LogP contribution in [0.5, 0.6) is 0 Å². The number of amides is 1. The average molecular weight is 300 g/mol. The van der Waals surface area contributed by atoms with Crippen LogP contribution in [0.15, 0.2) is 30.6 Å². The molecule has 3 atom stereocenters. The number of methoxy groups -OCH3 is 1. The maximum absolute atomic E-state index is 12.1. The van der Waals surface area contributed by atoms with Gasteiger partial charge in [0.25, 0.3) is 5.91 Å². The molecule has 0 unspecified atom stereocenters. The maximum atomic E-state index is 12.1. The van der Waals surface area contributed by atoms with Gasteiger partial charge in [-0.2, -0.15) is 0 Å². The van der Waals surface area contributed by atoms with E-state index < -0.39 is 0 Å². The molecule has 1 amide bonds. The quantitative estimate of drug-likeness (QED) is 0.834. The van der Waals surface area contributed by atoms with Crippen molar-refractivity contribution in [2.24, 2.45) is 5.92 Å². The lowest BCUT2D eigenvalue weighted by Crippen LogP contribution is -2.36. The molecule has 6 nitrogen and oxygen atoms in total. The smallest absolute Gasteiger partial charge is 0.252 e. The van der Waals surface area contributed by atoms with Crippen LogP contribution in [0.2, 0.25) is 0 Å². The fourth-order valence-corrected chi connectivity index (χ4v) is 3.88. The van der Waals surface area contributed by atoms with Crippen molar-refractivity contribution >= 4 is 11.6 Å². The van der Waals surface area contributed by atoms with E-state index >= 15 is 0 Å². The number of rotatable bonds is 3. The highest BCUT2D eigenvalue weighted by molar-refractivity contribution is 5.84. The van der Waals surface area contributed by atoms with Crippen LogP contribution in [0.25, 0.3) is 5.65 Å². The summed E-state index contributed by atoms with van der Waals surface area (Å²) >= 11 is 0. The highest BCUT2D eigenvalue weighted by Gasteiger charge is 2.51. The monoisotopic (exact) mass is 300 g/mol. The van der Waals surface area contributed by atoms with Gasteiger partial charge in [0, 0.05) is 45.9 Å². The van der Waals surface area contributed by atoms with Crippen molar-refractivity contribution in [3.63, 3.8) is 0 Å². The Bertz CT molecular complexity index is 713. The van der Waals surface area contributed by atoms with Gasteiger partial charge in [0.2, 0.25) is 0 Å². The normalized spacial score (nSPS) is 28.7. The molecular formula is C16H20N4O2. The van der Waals surface area contributed by atoms with Crippen molar-refractivity contribution in [3.8, 4) is 0 Å². The molecule has 0 aliphatic carbocycles. The highest BCUT2D eigenvalue weighted by Crippen LogP contribution is 2.33. The molecule has 2 aromatic heterocycles. The number of likely N-dealkylation sites (N-methyl/N-ethyl adjacent to an activating group) is 1. The number of carbonyl (C=O) groups is 1. The summed E-state index contributed by atoms with van der Waals surface area (Å²) in [5.74, 6) is 0.383. The van der Waals surface area contributed by atoms with Crippen LogP contribution in [-0.4, -0.2) is 64.5 Å². The van der Waals surface area contributed by atoms with Crippen LogP contribution in [0.1, 0.15) is 5.69 Å². The zero-order chi connectivity index (χ0) is 15.3. The Balaban J connectivity index is 1.53. The Morgan fingerprint density at radius 2 is 2.23 bits per heavy atom. The summed E-state index contributed by atoms with van der Waals surface area (Å²) in [6.45, 7) is 2.63. The van der Waals surface area contributed by atoms with Crippen LogP contribution in [0.3, 0.4) is 0 Å². The Morgan fingerprint density at radius 1 is 1.36 bits per heavy atom. The van der Waals surface area contributed by atoms with Gasteiger partial charge < -0.3 is 14.0 Å². The van der Waals surface area contributed by atoms with Gasteiger partial charge in [0.1, 0.15) is 11.8 Å². The second-order valence-corrected chi connectivity index (χ2v) is 6.21. The summed E-state index contributed by atoms with van der Waals surface area (Å²) in [6, 6.07) is 6.28. The van der Waals surface area contributed by atoms with Crippen molar-refractivity contribution in [1.29, 1.82) is 0 Å². The predicted molar refractivity (Wildman–Crippen MR) is 81.3 cm³/mol. The first-order valence-corrected chi connectivity index (χ1v) is 7.62. The van der Waals surface area contributed by atoms with Gasteiger partial charge in [-0.15, -0.1) is 0 Å². The number of hydrogen-bond donors (Lipinski definition) is 0. The summed E-state index contributed by atoms with van der Waals surface area (Å²) in [4.78, 5) is 20.8. The molecule has 4 heterocycles. The fourth-order valence-electron chi connectivity index (χ4n) is 3.88. The average Bonchev–Trinajstić information content (AvgIpc) is 3.17. The van der Waals surface area contributed by atoms with E-state index in [0.717, 1.165) is 25.3 Å². The van der Waals surface area contributed by atoms with Gasteiger partial charge in [-0.25, -0.2) is 4.98 Å². The van der Waals surface area contributed by atoms with E-state index in [2.05, 4.69) is 14.3 Å². The molecule has 0 N–H and O–H groups in total. The number of aromatic nitrogens is 2. The molecule has 0 spiro atoms. The molecule has 0 radical (unpaired) electrons. The van der Waals surface area contributed by atoms with E-state index in [9.17, 15) is 4.79 Å². The van der Waals surface area contributed by atoms with E-state index in [1.54, 1.807) is 7.11 Å². The Morgan fingerprint density at radius 3 is 3.05 bits per heavy atom. The number of fused-ring (bicyclic) bond motifs is 2. The lowest BCUT2D eigenvalue weighted by atomic mass is 10.0. The molecule has 0 saturated carbocycles. The minimum Gasteiger partial charge on any atom is -0.371 e. The van der Waals surface area contributed by atoms with Gasteiger partial charge in [0.05, 0.1) is 17.9 Å². The summed E-state index contributed by atoms with van der Waals surface area (Å²) < 4.78 is 7.55. The minimum absolute atomic E-state index is 0.118. The third kappa shape index (κ3) is 1.94. The fraction of sp³-hybridized carbons (Fsp3) is 0.500. The minimum atomic E-state index is -0.290. The molecule has 4 rings (SSSR count). The number of imidazole rings is 1. The zero-order valence-corrected chi connectivity index (χ0v) is 12.8. The summed E-state index contributed by atoms with van der Waals surface area (Å²) in [7, 11) is 3.52. The van der Waals surface area contributed by atoms with Crippen LogP contribution in [-0.2, 0) is 16.1 Å². The van der Waals surface area contributed by atoms with Gasteiger partial charge in [-0.1, -0.05) is 6.07 Å². The van der Waals surface area contributed by atoms with E-state index in [0.29, 0.717) is 0 Å². The van der Waals surface area contributed by atoms with Crippen molar-refractivity contribution in [3.05, 3.63) is 36.3 Å². The lowest BCUT2D eigenvalue weighted by molar-refractivity contribution is -0.136. The predicted octanol–water partition coefficient (Wildman–Crippen LogP) is 0.622. The summed E-state index contributed by atoms with van der Waals surface area (Å²) in [6.07, 6.45) is 3.69. The molecule has 2 aliphatic rings. The number of carbonyl (C=O) groups excluding carboxylic acids is 1. The number of hydrogen-bond acceptors (Lipinski definition) is 4. The van der Waals surface area contributed by atoms with Crippen molar-refractivity contribution in [1.82, 2.24) is 19.2 Å². The molecule has 2 fully saturated rings. The topological polar surface area (TPSA) is 50.1 Å². The molecule has 0 aromatic carbocycles. The van der Waals surface area contributed by atoms with Gasteiger partial charge in [0.15, 0.2) is 0 Å². The third-order valence-electron chi connectivity index (χ3n) is 5.02. The van der Waals surface area contributed by atoms with E-state index in [-0.39, 0.29) is 24.0 Å². The molecule has 22 heavy (non-hydrogen) atoms. The van der Waals surface area contributed by atoms with Crippen LogP contribution in [0, 0.1) is 5.92 Å². The van der Waals surface area contributed by atoms with E-state index in [1.807, 2.05) is 42.5 Å². The number of nitrogens with zero attached hydrogens (tertiary/aromatic N) is 4.